The Balaban J connectivity index is 0.00000338. The first-order valence-corrected chi connectivity index (χ1v) is 9.00. The van der Waals surface area contributed by atoms with Crippen LogP contribution in [0, 0.1) is 11.7 Å². The zero-order valence-electron chi connectivity index (χ0n) is 15.9. The van der Waals surface area contributed by atoms with Crippen LogP contribution in [-0.2, 0) is 4.74 Å². The number of halogens is 2. The van der Waals surface area contributed by atoms with Crippen molar-refractivity contribution in [1.82, 2.24) is 15.6 Å². The molecule has 148 valence electrons. The highest BCUT2D eigenvalue weighted by Gasteiger charge is 2.25. The standard InChI is InChI=1S/C18H30FN5O.HI/c1-14(2)13-25-11-5-9-22-18(20-3)23-15-7-10-24(12-15)17-16(19)6-4-8-21-17;/h4,6,8,14-15H,5,7,9-13H2,1-3H3,(H2,20,22,23);1H. The molecule has 2 rings (SSSR count). The van der Waals surface area contributed by atoms with Gasteiger partial charge in [-0.15, -0.1) is 24.0 Å². The average Bonchev–Trinajstić information content (AvgIpc) is 3.05. The van der Waals surface area contributed by atoms with Crippen LogP contribution in [0.25, 0.3) is 0 Å². The van der Waals surface area contributed by atoms with Gasteiger partial charge in [-0.05, 0) is 30.9 Å². The number of hydrogen-bond acceptors (Lipinski definition) is 4. The highest BCUT2D eigenvalue weighted by molar-refractivity contribution is 14.0. The molecule has 0 aliphatic carbocycles. The van der Waals surface area contributed by atoms with Crippen molar-refractivity contribution in [1.29, 1.82) is 0 Å². The van der Waals surface area contributed by atoms with Crippen LogP contribution in [-0.4, -0.2) is 56.9 Å². The molecule has 1 fully saturated rings. The lowest BCUT2D eigenvalue weighted by Gasteiger charge is -2.20. The van der Waals surface area contributed by atoms with Crippen LogP contribution < -0.4 is 15.5 Å². The molecule has 0 saturated carbocycles. The lowest BCUT2D eigenvalue weighted by Crippen LogP contribution is -2.45. The van der Waals surface area contributed by atoms with E-state index in [1.807, 2.05) is 4.90 Å². The first-order chi connectivity index (χ1) is 12.1. The maximum absolute atomic E-state index is 13.8. The van der Waals surface area contributed by atoms with Crippen molar-refractivity contribution in [3.8, 4) is 0 Å². The van der Waals surface area contributed by atoms with E-state index in [0.29, 0.717) is 18.3 Å². The quantitative estimate of drug-likeness (QED) is 0.260. The lowest BCUT2D eigenvalue weighted by atomic mass is 10.2. The first kappa shape index (κ1) is 22.9. The van der Waals surface area contributed by atoms with Gasteiger partial charge in [0.05, 0.1) is 0 Å². The number of nitrogens with one attached hydrogen (secondary N) is 2. The highest BCUT2D eigenvalue weighted by Crippen LogP contribution is 2.20. The van der Waals surface area contributed by atoms with Crippen LogP contribution in [0.4, 0.5) is 10.2 Å². The molecule has 26 heavy (non-hydrogen) atoms. The predicted octanol–water partition coefficient (Wildman–Crippen LogP) is 2.65. The van der Waals surface area contributed by atoms with E-state index in [1.165, 1.54) is 6.07 Å². The van der Waals surface area contributed by atoms with Crippen LogP contribution >= 0.6 is 24.0 Å². The van der Waals surface area contributed by atoms with E-state index in [9.17, 15) is 4.39 Å². The van der Waals surface area contributed by atoms with Crippen molar-refractivity contribution in [3.05, 3.63) is 24.1 Å². The molecule has 1 aliphatic heterocycles. The van der Waals surface area contributed by atoms with Crippen LogP contribution in [0.2, 0.25) is 0 Å². The van der Waals surface area contributed by atoms with Gasteiger partial charge in [0.1, 0.15) is 0 Å². The molecule has 1 aliphatic rings. The summed E-state index contributed by atoms with van der Waals surface area (Å²) in [6.45, 7) is 8.14. The van der Waals surface area contributed by atoms with Gasteiger partial charge in [0.15, 0.2) is 17.6 Å². The number of guanidine groups is 1. The number of nitrogens with zero attached hydrogens (tertiary/aromatic N) is 3. The fourth-order valence-electron chi connectivity index (χ4n) is 2.77. The van der Waals surface area contributed by atoms with Crippen molar-refractivity contribution < 1.29 is 9.13 Å². The second-order valence-electron chi connectivity index (χ2n) is 6.71. The second-order valence-corrected chi connectivity index (χ2v) is 6.71. The second kappa shape index (κ2) is 12.3. The molecule has 1 aromatic rings. The first-order valence-electron chi connectivity index (χ1n) is 9.00. The molecule has 1 saturated heterocycles. The third-order valence-electron chi connectivity index (χ3n) is 4.00. The molecule has 0 bridgehead atoms. The van der Waals surface area contributed by atoms with Crippen molar-refractivity contribution >= 4 is 35.8 Å². The van der Waals surface area contributed by atoms with Crippen LogP contribution in [0.1, 0.15) is 26.7 Å². The van der Waals surface area contributed by atoms with Gasteiger partial charge in [0, 0.05) is 52.1 Å². The summed E-state index contributed by atoms with van der Waals surface area (Å²) in [5.41, 5.74) is 0. The van der Waals surface area contributed by atoms with Gasteiger partial charge in [-0.2, -0.15) is 0 Å². The van der Waals surface area contributed by atoms with Gasteiger partial charge >= 0.3 is 0 Å². The molecule has 1 atom stereocenters. The number of aromatic nitrogens is 1. The highest BCUT2D eigenvalue weighted by atomic mass is 127. The van der Waals surface area contributed by atoms with Gasteiger partial charge in [-0.25, -0.2) is 9.37 Å². The maximum atomic E-state index is 13.8. The van der Waals surface area contributed by atoms with Crippen molar-refractivity contribution in [2.45, 2.75) is 32.7 Å². The van der Waals surface area contributed by atoms with E-state index in [-0.39, 0.29) is 35.8 Å². The van der Waals surface area contributed by atoms with Crippen LogP contribution in [0.3, 0.4) is 0 Å². The smallest absolute Gasteiger partial charge is 0.191 e. The summed E-state index contributed by atoms with van der Waals surface area (Å²) in [5.74, 6) is 1.50. The van der Waals surface area contributed by atoms with E-state index in [1.54, 1.807) is 19.3 Å². The van der Waals surface area contributed by atoms with Crippen molar-refractivity contribution in [2.75, 3.05) is 44.8 Å². The minimum Gasteiger partial charge on any atom is -0.381 e. The topological polar surface area (TPSA) is 61.8 Å². The van der Waals surface area contributed by atoms with E-state index in [4.69, 9.17) is 4.74 Å². The van der Waals surface area contributed by atoms with Crippen LogP contribution in [0.5, 0.6) is 0 Å². The summed E-state index contributed by atoms with van der Waals surface area (Å²) in [7, 11) is 1.76. The Labute approximate surface area is 173 Å². The van der Waals surface area contributed by atoms with Gasteiger partial charge in [0.25, 0.3) is 0 Å². The number of aliphatic imine (C=N–C) groups is 1. The van der Waals surface area contributed by atoms with Gasteiger partial charge in [-0.3, -0.25) is 4.99 Å². The minimum absolute atomic E-state index is 0. The monoisotopic (exact) mass is 479 g/mol. The number of rotatable bonds is 8. The molecule has 1 unspecified atom stereocenters. The molecule has 2 heterocycles. The fourth-order valence-corrected chi connectivity index (χ4v) is 2.77. The number of pyridine rings is 1. The Morgan fingerprint density at radius 2 is 2.31 bits per heavy atom. The zero-order valence-corrected chi connectivity index (χ0v) is 18.2. The van der Waals surface area contributed by atoms with Crippen LogP contribution in [0.15, 0.2) is 23.3 Å². The Bertz CT molecular complexity index is 558. The van der Waals surface area contributed by atoms with Crippen molar-refractivity contribution in [3.63, 3.8) is 0 Å². The molecule has 8 heteroatoms. The average molecular weight is 479 g/mol. The molecule has 0 spiro atoms. The molecule has 1 aromatic heterocycles. The Morgan fingerprint density at radius 1 is 1.50 bits per heavy atom. The van der Waals surface area contributed by atoms with Gasteiger partial charge in [0.2, 0.25) is 0 Å². The number of hydrogen-bond donors (Lipinski definition) is 2. The van der Waals surface area contributed by atoms with E-state index < -0.39 is 0 Å². The Kier molecular flexibility index (Phi) is 10.8. The molecule has 2 N–H and O–H groups in total. The van der Waals surface area contributed by atoms with Gasteiger partial charge < -0.3 is 20.3 Å². The Hall–Kier alpha value is -1.16. The largest absolute Gasteiger partial charge is 0.381 e. The summed E-state index contributed by atoms with van der Waals surface area (Å²) in [5, 5.41) is 6.70. The summed E-state index contributed by atoms with van der Waals surface area (Å²) in [4.78, 5) is 10.4. The molecular weight excluding hydrogens is 448 g/mol. The summed E-state index contributed by atoms with van der Waals surface area (Å²) >= 11 is 0. The third-order valence-corrected chi connectivity index (χ3v) is 4.00. The van der Waals surface area contributed by atoms with Gasteiger partial charge in [-0.1, -0.05) is 13.8 Å². The summed E-state index contributed by atoms with van der Waals surface area (Å²) < 4.78 is 19.4. The van der Waals surface area contributed by atoms with E-state index in [2.05, 4.69) is 34.5 Å². The summed E-state index contributed by atoms with van der Waals surface area (Å²) in [6, 6.07) is 3.29. The van der Waals surface area contributed by atoms with E-state index in [0.717, 1.165) is 45.1 Å². The fraction of sp³-hybridized carbons (Fsp3) is 0.667. The summed E-state index contributed by atoms with van der Waals surface area (Å²) in [6.07, 6.45) is 3.48. The normalized spacial score (nSPS) is 17.3. The number of ether oxygens (including phenoxy) is 1. The molecule has 0 amide bonds. The molecule has 0 aromatic carbocycles. The Morgan fingerprint density at radius 3 is 3.00 bits per heavy atom. The van der Waals surface area contributed by atoms with Crippen molar-refractivity contribution in [2.24, 2.45) is 10.9 Å². The zero-order chi connectivity index (χ0) is 18.1. The lowest BCUT2D eigenvalue weighted by molar-refractivity contribution is 0.108. The molecule has 0 radical (unpaired) electrons. The predicted molar refractivity (Wildman–Crippen MR) is 115 cm³/mol. The minimum atomic E-state index is -0.271. The SMILES string of the molecule is CN=C(NCCCOCC(C)C)NC1CCN(c2ncccc2F)C1.I. The molecular formula is C18H31FIN5O. The molecule has 6 nitrogen and oxygen atoms in total. The van der Waals surface area contributed by atoms with E-state index >= 15 is 0 Å². The maximum Gasteiger partial charge on any atom is 0.191 e. The third kappa shape index (κ3) is 7.61. The number of anilines is 1.